The standard InChI is InChI=1S/C17H21ClFN3S.ClH/c1-12-17(23-11-21-12)10-22(8-13-4-5-20-7-13)9-14-2-3-15(18)6-16(14)19;/h2-3,6,11,13,20H,4-5,7-10H2,1H3;1H. The highest BCUT2D eigenvalue weighted by Gasteiger charge is 2.20. The lowest BCUT2D eigenvalue weighted by Crippen LogP contribution is -2.30. The van der Waals surface area contributed by atoms with Crippen LogP contribution in [0.25, 0.3) is 0 Å². The van der Waals surface area contributed by atoms with Crippen LogP contribution < -0.4 is 5.32 Å². The van der Waals surface area contributed by atoms with E-state index in [1.54, 1.807) is 23.5 Å². The quantitative estimate of drug-likeness (QED) is 0.798. The molecule has 0 amide bonds. The largest absolute Gasteiger partial charge is 0.316 e. The van der Waals surface area contributed by atoms with Gasteiger partial charge < -0.3 is 5.32 Å². The number of rotatable bonds is 6. The maximum absolute atomic E-state index is 14.1. The highest BCUT2D eigenvalue weighted by atomic mass is 35.5. The fourth-order valence-electron chi connectivity index (χ4n) is 2.99. The molecule has 0 saturated carbocycles. The number of nitrogens with one attached hydrogen (secondary N) is 1. The van der Waals surface area contributed by atoms with Crippen molar-refractivity contribution >= 4 is 35.3 Å². The molecule has 132 valence electrons. The molecule has 1 unspecified atom stereocenters. The highest BCUT2D eigenvalue weighted by molar-refractivity contribution is 7.09. The minimum Gasteiger partial charge on any atom is -0.316 e. The minimum absolute atomic E-state index is 0. The van der Waals surface area contributed by atoms with Gasteiger partial charge in [-0.1, -0.05) is 17.7 Å². The van der Waals surface area contributed by atoms with Gasteiger partial charge in [0.05, 0.1) is 11.2 Å². The van der Waals surface area contributed by atoms with E-state index in [1.807, 2.05) is 12.4 Å². The van der Waals surface area contributed by atoms with Crippen LogP contribution in [0.3, 0.4) is 0 Å². The molecule has 1 N–H and O–H groups in total. The summed E-state index contributed by atoms with van der Waals surface area (Å²) in [6.07, 6.45) is 1.18. The van der Waals surface area contributed by atoms with E-state index >= 15 is 0 Å². The van der Waals surface area contributed by atoms with Gasteiger partial charge in [-0.25, -0.2) is 9.37 Å². The highest BCUT2D eigenvalue weighted by Crippen LogP contribution is 2.22. The molecule has 1 aliphatic rings. The van der Waals surface area contributed by atoms with Crippen LogP contribution in [0.1, 0.15) is 22.6 Å². The Labute approximate surface area is 157 Å². The van der Waals surface area contributed by atoms with Gasteiger partial charge in [0.15, 0.2) is 0 Å². The molecular formula is C17H22Cl2FN3S. The van der Waals surface area contributed by atoms with Gasteiger partial charge in [0.25, 0.3) is 0 Å². The fourth-order valence-corrected chi connectivity index (χ4v) is 3.97. The van der Waals surface area contributed by atoms with Crippen molar-refractivity contribution < 1.29 is 4.39 Å². The van der Waals surface area contributed by atoms with E-state index < -0.39 is 0 Å². The smallest absolute Gasteiger partial charge is 0.129 e. The van der Waals surface area contributed by atoms with Gasteiger partial charge in [-0.15, -0.1) is 23.7 Å². The summed E-state index contributed by atoms with van der Waals surface area (Å²) in [5, 5.41) is 3.84. The lowest BCUT2D eigenvalue weighted by Gasteiger charge is -2.25. The summed E-state index contributed by atoms with van der Waals surface area (Å²) in [7, 11) is 0. The van der Waals surface area contributed by atoms with Gasteiger partial charge in [0.1, 0.15) is 5.82 Å². The predicted octanol–water partition coefficient (Wildman–Crippen LogP) is 4.28. The maximum Gasteiger partial charge on any atom is 0.129 e. The first-order chi connectivity index (χ1) is 11.1. The molecular weight excluding hydrogens is 368 g/mol. The van der Waals surface area contributed by atoms with E-state index in [4.69, 9.17) is 11.6 Å². The molecule has 1 aliphatic heterocycles. The first-order valence-corrected chi connectivity index (χ1v) is 9.13. The van der Waals surface area contributed by atoms with Crippen LogP contribution in [0.4, 0.5) is 4.39 Å². The second-order valence-corrected chi connectivity index (χ2v) is 7.50. The number of benzene rings is 1. The van der Waals surface area contributed by atoms with E-state index in [9.17, 15) is 4.39 Å². The number of hydrogen-bond acceptors (Lipinski definition) is 4. The summed E-state index contributed by atoms with van der Waals surface area (Å²) in [6, 6.07) is 4.94. The summed E-state index contributed by atoms with van der Waals surface area (Å²) in [4.78, 5) is 7.90. The Hall–Kier alpha value is -0.720. The molecule has 1 fully saturated rings. The van der Waals surface area contributed by atoms with Crippen LogP contribution in [-0.2, 0) is 13.1 Å². The van der Waals surface area contributed by atoms with Gasteiger partial charge in [0.2, 0.25) is 0 Å². The Morgan fingerprint density at radius 1 is 1.42 bits per heavy atom. The van der Waals surface area contributed by atoms with Gasteiger partial charge in [-0.3, -0.25) is 4.90 Å². The van der Waals surface area contributed by atoms with E-state index in [1.165, 1.54) is 17.4 Å². The molecule has 0 radical (unpaired) electrons. The van der Waals surface area contributed by atoms with Crippen LogP contribution in [-0.4, -0.2) is 29.5 Å². The molecule has 24 heavy (non-hydrogen) atoms. The van der Waals surface area contributed by atoms with Crippen molar-refractivity contribution in [1.82, 2.24) is 15.2 Å². The van der Waals surface area contributed by atoms with Crippen LogP contribution in [0.5, 0.6) is 0 Å². The molecule has 1 aromatic heterocycles. The van der Waals surface area contributed by atoms with Crippen molar-refractivity contribution in [1.29, 1.82) is 0 Å². The summed E-state index contributed by atoms with van der Waals surface area (Å²) < 4.78 is 14.1. The van der Waals surface area contributed by atoms with Crippen molar-refractivity contribution in [2.45, 2.75) is 26.4 Å². The first-order valence-electron chi connectivity index (χ1n) is 7.88. The molecule has 0 bridgehead atoms. The molecule has 2 heterocycles. The van der Waals surface area contributed by atoms with Gasteiger partial charge >= 0.3 is 0 Å². The molecule has 2 aromatic rings. The average Bonchev–Trinajstić information content (AvgIpc) is 3.15. The van der Waals surface area contributed by atoms with Crippen LogP contribution in [0, 0.1) is 18.7 Å². The number of halogens is 3. The molecule has 1 aromatic carbocycles. The molecule has 0 spiro atoms. The zero-order valence-corrected chi connectivity index (χ0v) is 16.0. The van der Waals surface area contributed by atoms with E-state index in [0.717, 1.165) is 31.9 Å². The Kier molecular flexibility index (Phi) is 7.44. The van der Waals surface area contributed by atoms with E-state index in [2.05, 4.69) is 15.2 Å². The number of aromatic nitrogens is 1. The molecule has 1 atom stereocenters. The molecule has 1 saturated heterocycles. The van der Waals surface area contributed by atoms with Gasteiger partial charge in [0, 0.05) is 35.1 Å². The zero-order chi connectivity index (χ0) is 16.2. The monoisotopic (exact) mass is 389 g/mol. The zero-order valence-electron chi connectivity index (χ0n) is 13.6. The molecule has 0 aliphatic carbocycles. The second kappa shape index (κ2) is 9.11. The van der Waals surface area contributed by atoms with Gasteiger partial charge in [-0.2, -0.15) is 0 Å². The molecule has 7 heteroatoms. The van der Waals surface area contributed by atoms with Crippen LogP contribution in [0.2, 0.25) is 5.02 Å². The lowest BCUT2D eigenvalue weighted by molar-refractivity contribution is 0.219. The Morgan fingerprint density at radius 2 is 2.25 bits per heavy atom. The molecule has 3 rings (SSSR count). The number of nitrogens with zero attached hydrogens (tertiary/aromatic N) is 2. The van der Waals surface area contributed by atoms with Crippen molar-refractivity contribution in [2.24, 2.45) is 5.92 Å². The maximum atomic E-state index is 14.1. The summed E-state index contributed by atoms with van der Waals surface area (Å²) >= 11 is 7.53. The van der Waals surface area contributed by atoms with Crippen molar-refractivity contribution in [3.05, 3.63) is 50.7 Å². The van der Waals surface area contributed by atoms with E-state index in [-0.39, 0.29) is 18.2 Å². The third-order valence-corrected chi connectivity index (χ3v) is 5.45. The Bertz CT molecular complexity index is 659. The fraction of sp³-hybridized carbons (Fsp3) is 0.471. The van der Waals surface area contributed by atoms with Crippen molar-refractivity contribution in [3.8, 4) is 0 Å². The Balaban J connectivity index is 0.00000208. The van der Waals surface area contributed by atoms with E-state index in [0.29, 0.717) is 23.0 Å². The summed E-state index contributed by atoms with van der Waals surface area (Å²) in [5.74, 6) is 0.395. The summed E-state index contributed by atoms with van der Waals surface area (Å²) in [5.41, 5.74) is 3.65. The number of hydrogen-bond donors (Lipinski definition) is 1. The second-order valence-electron chi connectivity index (χ2n) is 6.13. The van der Waals surface area contributed by atoms with Crippen molar-refractivity contribution in [3.63, 3.8) is 0 Å². The SMILES string of the molecule is Cc1ncsc1CN(Cc1ccc(Cl)cc1F)CC1CCNC1.Cl. The first kappa shape index (κ1) is 19.6. The predicted molar refractivity (Wildman–Crippen MR) is 101 cm³/mol. The lowest BCUT2D eigenvalue weighted by atomic mass is 10.1. The normalized spacial score (nSPS) is 17.2. The number of thiazole rings is 1. The molecule has 3 nitrogen and oxygen atoms in total. The van der Waals surface area contributed by atoms with Crippen molar-refractivity contribution in [2.75, 3.05) is 19.6 Å². The van der Waals surface area contributed by atoms with Crippen LogP contribution >= 0.6 is 35.3 Å². The minimum atomic E-state index is -0.229. The summed E-state index contributed by atoms with van der Waals surface area (Å²) in [6.45, 7) is 6.52. The van der Waals surface area contributed by atoms with Gasteiger partial charge in [-0.05, 0) is 44.5 Å². The number of aryl methyl sites for hydroxylation is 1. The third-order valence-electron chi connectivity index (χ3n) is 4.30. The topological polar surface area (TPSA) is 28.2 Å². The Morgan fingerprint density at radius 3 is 2.88 bits per heavy atom. The van der Waals surface area contributed by atoms with Crippen LogP contribution in [0.15, 0.2) is 23.7 Å². The average molecular weight is 390 g/mol. The third kappa shape index (κ3) is 5.14.